The van der Waals surface area contributed by atoms with Gasteiger partial charge in [-0.3, -0.25) is 0 Å². The van der Waals surface area contributed by atoms with Gasteiger partial charge in [-0.25, -0.2) is 0 Å². The van der Waals surface area contributed by atoms with E-state index in [2.05, 4.69) is 17.6 Å². The number of hydroxylamine groups is 1. The fourth-order valence-corrected chi connectivity index (χ4v) is 2.32. The van der Waals surface area contributed by atoms with Crippen LogP contribution in [0.15, 0.2) is 18.2 Å². The largest absolute Gasteiger partial charge is 0.399 e. The van der Waals surface area contributed by atoms with Gasteiger partial charge in [0.1, 0.15) is 0 Å². The number of nitrogens with one attached hydrogen (secondary N) is 1. The number of anilines is 1. The van der Waals surface area contributed by atoms with Crippen LogP contribution in [0.3, 0.4) is 0 Å². The molecule has 68 valence electrons. The van der Waals surface area contributed by atoms with E-state index in [1.807, 2.05) is 6.07 Å². The number of rotatable bonds is 0. The fourth-order valence-electron chi connectivity index (χ4n) is 2.32. The molecule has 2 aliphatic rings. The molecule has 0 amide bonds. The first-order valence-electron chi connectivity index (χ1n) is 4.60. The van der Waals surface area contributed by atoms with E-state index in [0.717, 1.165) is 18.7 Å². The van der Waals surface area contributed by atoms with Gasteiger partial charge in [0.25, 0.3) is 0 Å². The van der Waals surface area contributed by atoms with Gasteiger partial charge < -0.3 is 10.6 Å². The maximum absolute atomic E-state index is 5.73. The molecular formula is C10H12N2O. The standard InChI is InChI=1S/C10H12N2O/c11-8-1-2-9-6(4-8)3-7-5-13-12-10(7)9/h1-2,4,7,10,12H,3,5,11H2. The summed E-state index contributed by atoms with van der Waals surface area (Å²) in [5, 5.41) is 0. The highest BCUT2D eigenvalue weighted by molar-refractivity contribution is 5.48. The predicted octanol–water partition coefficient (Wildman–Crippen LogP) is 1.02. The van der Waals surface area contributed by atoms with Crippen LogP contribution in [-0.4, -0.2) is 6.61 Å². The van der Waals surface area contributed by atoms with Crippen molar-refractivity contribution < 1.29 is 4.84 Å². The number of nitrogen functional groups attached to an aromatic ring is 1. The lowest BCUT2D eigenvalue weighted by molar-refractivity contribution is 0.0848. The van der Waals surface area contributed by atoms with E-state index in [4.69, 9.17) is 10.6 Å². The molecule has 1 aromatic carbocycles. The smallest absolute Gasteiger partial charge is 0.0732 e. The molecule has 3 N–H and O–H groups in total. The van der Waals surface area contributed by atoms with E-state index >= 15 is 0 Å². The number of nitrogens with two attached hydrogens (primary N) is 1. The summed E-state index contributed by atoms with van der Waals surface area (Å²) in [6.45, 7) is 0.819. The molecule has 0 bridgehead atoms. The van der Waals surface area contributed by atoms with Gasteiger partial charge >= 0.3 is 0 Å². The van der Waals surface area contributed by atoms with E-state index in [9.17, 15) is 0 Å². The summed E-state index contributed by atoms with van der Waals surface area (Å²) >= 11 is 0. The van der Waals surface area contributed by atoms with Crippen LogP contribution in [-0.2, 0) is 11.3 Å². The van der Waals surface area contributed by atoms with Gasteiger partial charge in [0.2, 0.25) is 0 Å². The third kappa shape index (κ3) is 0.975. The lowest BCUT2D eigenvalue weighted by Gasteiger charge is -2.07. The zero-order valence-corrected chi connectivity index (χ0v) is 7.29. The number of benzene rings is 1. The van der Waals surface area contributed by atoms with Crippen molar-refractivity contribution in [1.29, 1.82) is 0 Å². The summed E-state index contributed by atoms with van der Waals surface area (Å²) < 4.78 is 0. The van der Waals surface area contributed by atoms with Gasteiger partial charge in [-0.2, -0.15) is 5.48 Å². The van der Waals surface area contributed by atoms with Gasteiger partial charge in [0.15, 0.2) is 0 Å². The number of hydrogen-bond donors (Lipinski definition) is 2. The molecule has 1 aromatic rings. The van der Waals surface area contributed by atoms with E-state index in [1.54, 1.807) is 0 Å². The van der Waals surface area contributed by atoms with Crippen molar-refractivity contribution in [3.05, 3.63) is 29.3 Å². The monoisotopic (exact) mass is 176 g/mol. The molecule has 1 aliphatic heterocycles. The Hall–Kier alpha value is -1.06. The average Bonchev–Trinajstić information content (AvgIpc) is 2.62. The van der Waals surface area contributed by atoms with E-state index in [-0.39, 0.29) is 0 Å². The topological polar surface area (TPSA) is 47.3 Å². The van der Waals surface area contributed by atoms with Crippen LogP contribution < -0.4 is 11.2 Å². The van der Waals surface area contributed by atoms with Crippen molar-refractivity contribution in [2.24, 2.45) is 5.92 Å². The minimum atomic E-state index is 0.399. The Morgan fingerprint density at radius 3 is 3.31 bits per heavy atom. The molecule has 13 heavy (non-hydrogen) atoms. The summed E-state index contributed by atoms with van der Waals surface area (Å²) in [6, 6.07) is 6.55. The van der Waals surface area contributed by atoms with E-state index in [1.165, 1.54) is 11.1 Å². The van der Waals surface area contributed by atoms with Gasteiger partial charge in [0, 0.05) is 11.6 Å². The van der Waals surface area contributed by atoms with Crippen molar-refractivity contribution in [3.8, 4) is 0 Å². The summed E-state index contributed by atoms with van der Waals surface area (Å²) in [7, 11) is 0. The van der Waals surface area contributed by atoms with Crippen LogP contribution in [0.5, 0.6) is 0 Å². The highest BCUT2D eigenvalue weighted by atomic mass is 16.7. The first kappa shape index (κ1) is 7.35. The molecule has 1 fully saturated rings. The van der Waals surface area contributed by atoms with Crippen LogP contribution in [0, 0.1) is 5.92 Å². The molecule has 1 aliphatic carbocycles. The van der Waals surface area contributed by atoms with Gasteiger partial charge in [-0.1, -0.05) is 6.07 Å². The van der Waals surface area contributed by atoms with Gasteiger partial charge in [-0.05, 0) is 29.7 Å². The normalized spacial score (nSPS) is 30.2. The SMILES string of the molecule is Nc1ccc2c(c1)CC1CONC21. The fraction of sp³-hybridized carbons (Fsp3) is 0.400. The Kier molecular flexibility index (Phi) is 1.39. The molecule has 0 saturated carbocycles. The first-order valence-corrected chi connectivity index (χ1v) is 4.60. The summed E-state index contributed by atoms with van der Waals surface area (Å²) in [5.41, 5.74) is 12.4. The Morgan fingerprint density at radius 1 is 1.46 bits per heavy atom. The van der Waals surface area contributed by atoms with E-state index < -0.39 is 0 Å². The van der Waals surface area contributed by atoms with Crippen LogP contribution in [0.25, 0.3) is 0 Å². The second-order valence-corrected chi connectivity index (χ2v) is 3.83. The molecule has 2 unspecified atom stereocenters. The number of hydrogen-bond acceptors (Lipinski definition) is 3. The molecule has 3 nitrogen and oxygen atoms in total. The quantitative estimate of drug-likeness (QED) is 0.580. The molecule has 1 heterocycles. The average molecular weight is 176 g/mol. The second kappa shape index (κ2) is 2.47. The molecule has 0 radical (unpaired) electrons. The summed E-state index contributed by atoms with van der Waals surface area (Å²) in [4.78, 5) is 5.22. The second-order valence-electron chi connectivity index (χ2n) is 3.83. The summed E-state index contributed by atoms with van der Waals surface area (Å²) in [6.07, 6.45) is 1.10. The first-order chi connectivity index (χ1) is 6.34. The third-order valence-electron chi connectivity index (χ3n) is 2.96. The van der Waals surface area contributed by atoms with Crippen LogP contribution in [0.1, 0.15) is 17.2 Å². The minimum Gasteiger partial charge on any atom is -0.399 e. The van der Waals surface area contributed by atoms with Crippen molar-refractivity contribution in [1.82, 2.24) is 5.48 Å². The molecule has 3 rings (SSSR count). The van der Waals surface area contributed by atoms with Crippen molar-refractivity contribution in [2.75, 3.05) is 12.3 Å². The zero-order chi connectivity index (χ0) is 8.84. The molecule has 3 heteroatoms. The molecule has 0 spiro atoms. The van der Waals surface area contributed by atoms with Crippen molar-refractivity contribution in [3.63, 3.8) is 0 Å². The lowest BCUT2D eigenvalue weighted by Crippen LogP contribution is -2.12. The minimum absolute atomic E-state index is 0.399. The molecule has 1 saturated heterocycles. The van der Waals surface area contributed by atoms with Crippen LogP contribution in [0.2, 0.25) is 0 Å². The maximum Gasteiger partial charge on any atom is 0.0732 e. The Labute approximate surface area is 76.8 Å². The highest BCUT2D eigenvalue weighted by Crippen LogP contribution is 2.39. The summed E-state index contributed by atoms with van der Waals surface area (Å²) in [5.74, 6) is 0.608. The zero-order valence-electron chi connectivity index (χ0n) is 7.29. The maximum atomic E-state index is 5.73. The highest BCUT2D eigenvalue weighted by Gasteiger charge is 2.36. The molecular weight excluding hydrogens is 164 g/mol. The Morgan fingerprint density at radius 2 is 2.38 bits per heavy atom. The Bertz CT molecular complexity index is 351. The van der Waals surface area contributed by atoms with Gasteiger partial charge in [-0.15, -0.1) is 0 Å². The lowest BCUT2D eigenvalue weighted by atomic mass is 10.0. The molecule has 2 atom stereocenters. The third-order valence-corrected chi connectivity index (χ3v) is 2.96. The van der Waals surface area contributed by atoms with Crippen molar-refractivity contribution in [2.45, 2.75) is 12.5 Å². The van der Waals surface area contributed by atoms with Crippen molar-refractivity contribution >= 4 is 5.69 Å². The van der Waals surface area contributed by atoms with E-state index in [0.29, 0.717) is 12.0 Å². The van der Waals surface area contributed by atoms with Crippen LogP contribution >= 0.6 is 0 Å². The van der Waals surface area contributed by atoms with Gasteiger partial charge in [0.05, 0.1) is 12.6 Å². The number of fused-ring (bicyclic) bond motifs is 3. The predicted molar refractivity (Wildman–Crippen MR) is 49.9 cm³/mol. The molecule has 0 aromatic heterocycles. The Balaban J connectivity index is 2.08. The van der Waals surface area contributed by atoms with Crippen LogP contribution in [0.4, 0.5) is 5.69 Å².